The summed E-state index contributed by atoms with van der Waals surface area (Å²) in [5.41, 5.74) is 0.964. The number of halogens is 1. The Morgan fingerprint density at radius 2 is 2.10 bits per heavy atom. The Hall–Kier alpha value is -1.46. The van der Waals surface area contributed by atoms with Crippen molar-refractivity contribution in [2.75, 3.05) is 20.8 Å². The van der Waals surface area contributed by atoms with Crippen LogP contribution in [0.25, 0.3) is 0 Å². The summed E-state index contributed by atoms with van der Waals surface area (Å²) >= 11 is 6.15. The number of carbonyl (C=O) groups excluding carboxylic acids is 1. The summed E-state index contributed by atoms with van der Waals surface area (Å²) in [4.78, 5) is 11.5. The van der Waals surface area contributed by atoms with Crippen LogP contribution in [0.5, 0.6) is 11.5 Å². The van der Waals surface area contributed by atoms with Gasteiger partial charge in [0, 0.05) is 6.54 Å². The van der Waals surface area contributed by atoms with Gasteiger partial charge in [-0.15, -0.1) is 0 Å². The van der Waals surface area contributed by atoms with E-state index in [0.29, 0.717) is 23.1 Å². The van der Waals surface area contributed by atoms with Crippen molar-refractivity contribution < 1.29 is 19.0 Å². The molecule has 20 heavy (non-hydrogen) atoms. The van der Waals surface area contributed by atoms with Crippen molar-refractivity contribution in [2.45, 2.75) is 26.5 Å². The minimum atomic E-state index is -0.447. The third-order valence-corrected chi connectivity index (χ3v) is 2.65. The van der Waals surface area contributed by atoms with E-state index in [1.165, 1.54) is 7.11 Å². The second-order valence-corrected chi connectivity index (χ2v) is 4.87. The van der Waals surface area contributed by atoms with Crippen LogP contribution >= 0.6 is 11.6 Å². The molecule has 112 valence electrons. The second kappa shape index (κ2) is 7.97. The minimum absolute atomic E-state index is 0.179. The summed E-state index contributed by atoms with van der Waals surface area (Å²) in [6, 6.07) is 3.58. The molecule has 1 aromatic carbocycles. The SMILES string of the molecule is CNCc1cc(Cl)c(OCC(=O)OC(C)C)c(OC)c1. The highest BCUT2D eigenvalue weighted by Crippen LogP contribution is 2.36. The maximum Gasteiger partial charge on any atom is 0.344 e. The van der Waals surface area contributed by atoms with Crippen LogP contribution in [-0.2, 0) is 16.1 Å². The molecule has 0 aromatic heterocycles. The first-order chi connectivity index (χ1) is 9.47. The molecule has 0 amide bonds. The number of methoxy groups -OCH3 is 1. The molecule has 0 aliphatic heterocycles. The van der Waals surface area contributed by atoms with Gasteiger partial charge in [-0.2, -0.15) is 0 Å². The van der Waals surface area contributed by atoms with Crippen molar-refractivity contribution >= 4 is 17.6 Å². The second-order valence-electron chi connectivity index (χ2n) is 4.47. The quantitative estimate of drug-likeness (QED) is 0.784. The van der Waals surface area contributed by atoms with Crippen molar-refractivity contribution in [1.82, 2.24) is 5.32 Å². The molecule has 0 atom stereocenters. The molecule has 1 rings (SSSR count). The highest BCUT2D eigenvalue weighted by atomic mass is 35.5. The lowest BCUT2D eigenvalue weighted by molar-refractivity contribution is -0.149. The first-order valence-electron chi connectivity index (χ1n) is 6.31. The zero-order valence-electron chi connectivity index (χ0n) is 12.2. The minimum Gasteiger partial charge on any atom is -0.493 e. The molecule has 6 heteroatoms. The summed E-state index contributed by atoms with van der Waals surface area (Å²) in [5, 5.41) is 3.42. The normalized spacial score (nSPS) is 10.5. The summed E-state index contributed by atoms with van der Waals surface area (Å²) in [7, 11) is 3.36. The topological polar surface area (TPSA) is 56.8 Å². The van der Waals surface area contributed by atoms with E-state index in [1.54, 1.807) is 19.9 Å². The fraction of sp³-hybridized carbons (Fsp3) is 0.500. The third-order valence-electron chi connectivity index (χ3n) is 2.37. The van der Waals surface area contributed by atoms with Gasteiger partial charge in [-0.25, -0.2) is 4.79 Å². The molecule has 0 heterocycles. The lowest BCUT2D eigenvalue weighted by Gasteiger charge is -2.14. The maximum atomic E-state index is 11.5. The Bertz CT molecular complexity index is 463. The number of ether oxygens (including phenoxy) is 3. The van der Waals surface area contributed by atoms with Gasteiger partial charge >= 0.3 is 5.97 Å². The van der Waals surface area contributed by atoms with Crippen LogP contribution in [0.15, 0.2) is 12.1 Å². The number of carbonyl (C=O) groups is 1. The largest absolute Gasteiger partial charge is 0.493 e. The van der Waals surface area contributed by atoms with E-state index < -0.39 is 5.97 Å². The lowest BCUT2D eigenvalue weighted by atomic mass is 10.2. The predicted molar refractivity (Wildman–Crippen MR) is 77.5 cm³/mol. The van der Waals surface area contributed by atoms with Gasteiger partial charge in [0.2, 0.25) is 0 Å². The van der Waals surface area contributed by atoms with Crippen molar-refractivity contribution in [3.05, 3.63) is 22.7 Å². The molecule has 0 spiro atoms. The fourth-order valence-electron chi connectivity index (χ4n) is 1.65. The predicted octanol–water partition coefficient (Wildman–Crippen LogP) is 2.40. The van der Waals surface area contributed by atoms with Crippen LogP contribution in [-0.4, -0.2) is 32.8 Å². The molecule has 0 aliphatic carbocycles. The lowest BCUT2D eigenvalue weighted by Crippen LogP contribution is -2.19. The van der Waals surface area contributed by atoms with E-state index in [1.807, 2.05) is 13.1 Å². The molecule has 1 N–H and O–H groups in total. The van der Waals surface area contributed by atoms with Crippen LogP contribution in [0.2, 0.25) is 5.02 Å². The average molecular weight is 302 g/mol. The maximum absolute atomic E-state index is 11.5. The van der Waals surface area contributed by atoms with Gasteiger partial charge in [0.05, 0.1) is 18.2 Å². The van der Waals surface area contributed by atoms with E-state index in [9.17, 15) is 4.79 Å². The molecule has 1 aromatic rings. The Morgan fingerprint density at radius 1 is 1.40 bits per heavy atom. The van der Waals surface area contributed by atoms with Crippen LogP contribution in [0.3, 0.4) is 0 Å². The van der Waals surface area contributed by atoms with Crippen molar-refractivity contribution in [3.63, 3.8) is 0 Å². The van der Waals surface area contributed by atoms with Gasteiger partial charge in [0.1, 0.15) is 0 Å². The molecule has 0 bridgehead atoms. The van der Waals surface area contributed by atoms with Crippen LogP contribution in [0.4, 0.5) is 0 Å². The first kappa shape index (κ1) is 16.6. The van der Waals surface area contributed by atoms with Gasteiger partial charge in [-0.05, 0) is 38.6 Å². The molecule has 0 radical (unpaired) electrons. The molecular formula is C14H20ClNO4. The fourth-order valence-corrected chi connectivity index (χ4v) is 1.94. The number of hydrogen-bond acceptors (Lipinski definition) is 5. The van der Waals surface area contributed by atoms with Gasteiger partial charge in [-0.3, -0.25) is 0 Å². The summed E-state index contributed by atoms with van der Waals surface area (Å²) in [5.74, 6) is 0.382. The van der Waals surface area contributed by atoms with E-state index in [4.69, 9.17) is 25.8 Å². The Labute approximate surface area is 124 Å². The zero-order valence-corrected chi connectivity index (χ0v) is 12.9. The van der Waals surface area contributed by atoms with Gasteiger partial charge in [0.15, 0.2) is 18.1 Å². The highest BCUT2D eigenvalue weighted by molar-refractivity contribution is 6.32. The molecule has 0 saturated heterocycles. The summed E-state index contributed by atoms with van der Waals surface area (Å²) < 4.78 is 15.6. The monoisotopic (exact) mass is 301 g/mol. The van der Waals surface area contributed by atoms with Gasteiger partial charge in [-0.1, -0.05) is 11.6 Å². The Balaban J connectivity index is 2.81. The number of nitrogens with one attached hydrogen (secondary N) is 1. The number of rotatable bonds is 7. The molecule has 0 aliphatic rings. The summed E-state index contributed by atoms with van der Waals surface area (Å²) in [6.45, 7) is 4.00. The first-order valence-corrected chi connectivity index (χ1v) is 6.69. The van der Waals surface area contributed by atoms with Crippen molar-refractivity contribution in [1.29, 1.82) is 0 Å². The Morgan fingerprint density at radius 3 is 2.65 bits per heavy atom. The molecule has 0 fully saturated rings. The van der Waals surface area contributed by atoms with E-state index >= 15 is 0 Å². The summed E-state index contributed by atoms with van der Waals surface area (Å²) in [6.07, 6.45) is -0.179. The van der Waals surface area contributed by atoms with Crippen LogP contribution in [0, 0.1) is 0 Å². The smallest absolute Gasteiger partial charge is 0.344 e. The van der Waals surface area contributed by atoms with Crippen LogP contribution < -0.4 is 14.8 Å². The molecule has 0 saturated carbocycles. The molecule has 5 nitrogen and oxygen atoms in total. The number of hydrogen-bond donors (Lipinski definition) is 1. The van der Waals surface area contributed by atoms with Crippen molar-refractivity contribution in [2.24, 2.45) is 0 Å². The molecular weight excluding hydrogens is 282 g/mol. The molecule has 0 unspecified atom stereocenters. The van der Waals surface area contributed by atoms with E-state index in [0.717, 1.165) is 5.56 Å². The Kier molecular flexibility index (Phi) is 6.61. The zero-order chi connectivity index (χ0) is 15.1. The standard InChI is InChI=1S/C14H20ClNO4/c1-9(2)20-13(17)8-19-14-11(15)5-10(7-16-3)6-12(14)18-4/h5-6,9,16H,7-8H2,1-4H3. The highest BCUT2D eigenvalue weighted by Gasteiger charge is 2.14. The van der Waals surface area contributed by atoms with Gasteiger partial charge < -0.3 is 19.5 Å². The van der Waals surface area contributed by atoms with Gasteiger partial charge in [0.25, 0.3) is 0 Å². The number of esters is 1. The van der Waals surface area contributed by atoms with Crippen LogP contribution in [0.1, 0.15) is 19.4 Å². The van der Waals surface area contributed by atoms with E-state index in [2.05, 4.69) is 5.32 Å². The number of benzene rings is 1. The van der Waals surface area contributed by atoms with E-state index in [-0.39, 0.29) is 12.7 Å². The average Bonchev–Trinajstić information content (AvgIpc) is 2.36. The third kappa shape index (κ3) is 4.90. The van der Waals surface area contributed by atoms with Crippen molar-refractivity contribution in [3.8, 4) is 11.5 Å².